The summed E-state index contributed by atoms with van der Waals surface area (Å²) in [7, 11) is 0. The van der Waals surface area contributed by atoms with Crippen LogP contribution in [0.2, 0.25) is 0 Å². The smallest absolute Gasteiger partial charge is 0.230 e. The molecule has 1 amide bonds. The van der Waals surface area contributed by atoms with Crippen molar-refractivity contribution in [3.8, 4) is 5.69 Å². The van der Waals surface area contributed by atoms with Gasteiger partial charge in [0.2, 0.25) is 11.1 Å². The van der Waals surface area contributed by atoms with Crippen LogP contribution in [0, 0.1) is 11.8 Å². The Morgan fingerprint density at radius 2 is 2.13 bits per heavy atom. The van der Waals surface area contributed by atoms with Crippen LogP contribution in [-0.2, 0) is 4.79 Å². The number of hydrogen-bond donors (Lipinski definition) is 1. The summed E-state index contributed by atoms with van der Waals surface area (Å²) < 4.78 is 1.66. The number of carbonyl (C=O) groups excluding carboxylic acids is 1. The van der Waals surface area contributed by atoms with E-state index in [1.54, 1.807) is 4.68 Å². The first kappa shape index (κ1) is 14.7. The number of aromatic nitrogens is 4. The van der Waals surface area contributed by atoms with E-state index in [-0.39, 0.29) is 5.91 Å². The van der Waals surface area contributed by atoms with Crippen LogP contribution in [0.25, 0.3) is 5.69 Å². The third-order valence-corrected chi connectivity index (χ3v) is 5.78. The fraction of sp³-hybridized carbons (Fsp3) is 0.500. The molecule has 1 aromatic heterocycles. The highest BCUT2D eigenvalue weighted by Crippen LogP contribution is 2.44. The summed E-state index contributed by atoms with van der Waals surface area (Å²) in [4.78, 5) is 12.2. The van der Waals surface area contributed by atoms with Gasteiger partial charge in [-0.15, -0.1) is 5.10 Å². The van der Waals surface area contributed by atoms with Crippen LogP contribution >= 0.6 is 11.8 Å². The summed E-state index contributed by atoms with van der Waals surface area (Å²) in [5, 5.41) is 15.6. The van der Waals surface area contributed by atoms with Crippen LogP contribution in [-0.4, -0.2) is 37.9 Å². The maximum atomic E-state index is 12.2. The Morgan fingerprint density at radius 1 is 1.26 bits per heavy atom. The maximum Gasteiger partial charge on any atom is 0.230 e. The molecule has 2 bridgehead atoms. The van der Waals surface area contributed by atoms with Crippen LogP contribution in [0.15, 0.2) is 35.5 Å². The van der Waals surface area contributed by atoms with Gasteiger partial charge in [0.1, 0.15) is 0 Å². The van der Waals surface area contributed by atoms with Gasteiger partial charge in [0.15, 0.2) is 0 Å². The van der Waals surface area contributed by atoms with E-state index >= 15 is 0 Å². The first-order valence-corrected chi connectivity index (χ1v) is 9.04. The number of carbonyl (C=O) groups is 1. The molecule has 3 atom stereocenters. The van der Waals surface area contributed by atoms with E-state index < -0.39 is 0 Å². The minimum absolute atomic E-state index is 0.0789. The third kappa shape index (κ3) is 3.10. The summed E-state index contributed by atoms with van der Waals surface area (Å²) in [6.07, 6.45) is 5.07. The highest BCUT2D eigenvalue weighted by atomic mass is 32.2. The second-order valence-electron chi connectivity index (χ2n) is 6.35. The molecule has 7 heteroatoms. The number of thioether (sulfide) groups is 1. The number of tetrazole rings is 1. The molecule has 6 nitrogen and oxygen atoms in total. The third-order valence-electron chi connectivity index (χ3n) is 4.86. The second-order valence-corrected chi connectivity index (χ2v) is 7.29. The Hall–Kier alpha value is -1.89. The molecule has 4 rings (SSSR count). The van der Waals surface area contributed by atoms with Gasteiger partial charge in [-0.1, -0.05) is 36.4 Å². The molecule has 1 heterocycles. The molecule has 0 spiro atoms. The topological polar surface area (TPSA) is 72.7 Å². The van der Waals surface area contributed by atoms with Gasteiger partial charge in [0, 0.05) is 6.04 Å². The number of hydrogen-bond acceptors (Lipinski definition) is 5. The molecule has 2 fully saturated rings. The zero-order chi connectivity index (χ0) is 15.6. The standard InChI is InChI=1S/C16H19N5OS/c22-15(17-14-9-11-6-7-12(14)8-11)10-23-16-18-19-20-21(16)13-4-2-1-3-5-13/h1-5,11-12,14H,6-10H2,(H,17,22). The van der Waals surface area contributed by atoms with Gasteiger partial charge in [0.05, 0.1) is 11.4 Å². The van der Waals surface area contributed by atoms with Crippen molar-refractivity contribution in [2.75, 3.05) is 5.75 Å². The molecule has 0 saturated heterocycles. The fourth-order valence-corrected chi connectivity index (χ4v) is 4.50. The quantitative estimate of drug-likeness (QED) is 0.850. The van der Waals surface area contributed by atoms with Crippen molar-refractivity contribution >= 4 is 17.7 Å². The van der Waals surface area contributed by atoms with Gasteiger partial charge < -0.3 is 5.32 Å². The highest BCUT2D eigenvalue weighted by molar-refractivity contribution is 7.99. The largest absolute Gasteiger partial charge is 0.352 e. The summed E-state index contributed by atoms with van der Waals surface area (Å²) in [5.74, 6) is 1.96. The Bertz CT molecular complexity index is 689. The van der Waals surface area contributed by atoms with Gasteiger partial charge in [-0.25, -0.2) is 0 Å². The maximum absolute atomic E-state index is 12.2. The zero-order valence-corrected chi connectivity index (χ0v) is 13.6. The van der Waals surface area contributed by atoms with Gasteiger partial charge in [0.25, 0.3) is 0 Å². The average Bonchev–Trinajstić information content (AvgIpc) is 3.30. The molecule has 1 N–H and O–H groups in total. The van der Waals surface area contributed by atoms with E-state index in [0.717, 1.165) is 18.0 Å². The van der Waals surface area contributed by atoms with E-state index in [1.165, 1.54) is 31.0 Å². The van der Waals surface area contributed by atoms with Crippen molar-refractivity contribution in [2.24, 2.45) is 11.8 Å². The number of nitrogens with one attached hydrogen (secondary N) is 1. The average molecular weight is 329 g/mol. The highest BCUT2D eigenvalue weighted by Gasteiger charge is 2.40. The molecule has 120 valence electrons. The lowest BCUT2D eigenvalue weighted by Crippen LogP contribution is -2.39. The molecule has 2 saturated carbocycles. The number of rotatable bonds is 5. The van der Waals surface area contributed by atoms with E-state index in [0.29, 0.717) is 22.9 Å². The molecular formula is C16H19N5OS. The molecule has 23 heavy (non-hydrogen) atoms. The summed E-state index contributed by atoms with van der Waals surface area (Å²) in [5.41, 5.74) is 0.897. The van der Waals surface area contributed by atoms with E-state index in [1.807, 2.05) is 30.3 Å². The lowest BCUT2D eigenvalue weighted by atomic mass is 9.95. The molecule has 2 aliphatic rings. The summed E-state index contributed by atoms with van der Waals surface area (Å²) in [6.45, 7) is 0. The van der Waals surface area contributed by atoms with E-state index in [9.17, 15) is 4.79 Å². The monoisotopic (exact) mass is 329 g/mol. The fourth-order valence-electron chi connectivity index (χ4n) is 3.80. The van der Waals surface area contributed by atoms with Gasteiger partial charge in [-0.3, -0.25) is 4.79 Å². The van der Waals surface area contributed by atoms with Crippen LogP contribution in [0.1, 0.15) is 25.7 Å². The lowest BCUT2D eigenvalue weighted by molar-refractivity contribution is -0.119. The minimum Gasteiger partial charge on any atom is -0.352 e. The molecule has 0 radical (unpaired) electrons. The van der Waals surface area contributed by atoms with Gasteiger partial charge in [-0.05, 0) is 53.7 Å². The Balaban J connectivity index is 1.35. The van der Waals surface area contributed by atoms with Crippen molar-refractivity contribution in [2.45, 2.75) is 36.9 Å². The van der Waals surface area contributed by atoms with Crippen LogP contribution in [0.3, 0.4) is 0 Å². The predicted molar refractivity (Wildman–Crippen MR) is 87.3 cm³/mol. The number of fused-ring (bicyclic) bond motifs is 2. The summed E-state index contributed by atoms with van der Waals surface area (Å²) in [6, 6.07) is 10.1. The first-order chi connectivity index (χ1) is 11.3. The number of amides is 1. The molecule has 2 aromatic rings. The molecule has 1 aromatic carbocycles. The van der Waals surface area contributed by atoms with Crippen molar-refractivity contribution < 1.29 is 4.79 Å². The number of benzene rings is 1. The number of nitrogens with zero attached hydrogens (tertiary/aromatic N) is 4. The van der Waals surface area contributed by atoms with E-state index in [2.05, 4.69) is 20.8 Å². The van der Waals surface area contributed by atoms with Crippen molar-refractivity contribution in [3.63, 3.8) is 0 Å². The lowest BCUT2D eigenvalue weighted by Gasteiger charge is -2.22. The molecule has 0 aliphatic heterocycles. The Morgan fingerprint density at radius 3 is 2.87 bits per heavy atom. The first-order valence-electron chi connectivity index (χ1n) is 8.05. The van der Waals surface area contributed by atoms with Gasteiger partial charge in [-0.2, -0.15) is 4.68 Å². The van der Waals surface area contributed by atoms with Gasteiger partial charge >= 0.3 is 0 Å². The Labute approximate surface area is 139 Å². The molecule has 3 unspecified atom stereocenters. The predicted octanol–water partition coefficient (Wildman–Crippen LogP) is 2.06. The van der Waals surface area contributed by atoms with Crippen LogP contribution < -0.4 is 5.32 Å². The van der Waals surface area contributed by atoms with Crippen LogP contribution in [0.5, 0.6) is 0 Å². The molecular weight excluding hydrogens is 310 g/mol. The number of para-hydroxylation sites is 1. The SMILES string of the molecule is O=C(CSc1nnnn1-c1ccccc1)NC1CC2CCC1C2. The minimum atomic E-state index is 0.0789. The van der Waals surface area contributed by atoms with E-state index in [4.69, 9.17) is 0 Å². The van der Waals surface area contributed by atoms with Crippen molar-refractivity contribution in [1.29, 1.82) is 0 Å². The molecule has 2 aliphatic carbocycles. The van der Waals surface area contributed by atoms with Crippen molar-refractivity contribution in [1.82, 2.24) is 25.5 Å². The normalized spacial score (nSPS) is 25.7. The second kappa shape index (κ2) is 6.31. The Kier molecular flexibility index (Phi) is 4.03. The van der Waals surface area contributed by atoms with Crippen LogP contribution in [0.4, 0.5) is 0 Å². The van der Waals surface area contributed by atoms with Crippen molar-refractivity contribution in [3.05, 3.63) is 30.3 Å². The summed E-state index contributed by atoms with van der Waals surface area (Å²) >= 11 is 1.37. The zero-order valence-electron chi connectivity index (χ0n) is 12.8.